The van der Waals surface area contributed by atoms with Gasteiger partial charge in [-0.1, -0.05) is 0 Å². The molecular weight excluding hydrogens is 256 g/mol. The van der Waals surface area contributed by atoms with Crippen molar-refractivity contribution in [3.05, 3.63) is 29.8 Å². The molecule has 2 aromatic heterocycles. The Balaban J connectivity index is 2.01. The van der Waals surface area contributed by atoms with Gasteiger partial charge in [0.25, 0.3) is 5.91 Å². The molecule has 1 amide bonds. The van der Waals surface area contributed by atoms with E-state index in [2.05, 4.69) is 20.4 Å². The van der Waals surface area contributed by atoms with Crippen molar-refractivity contribution in [2.45, 2.75) is 13.5 Å². The number of carbonyl (C=O) groups excluding carboxylic acids is 1. The first kappa shape index (κ1) is 14.3. The number of aromatic nitrogens is 4. The van der Waals surface area contributed by atoms with E-state index in [0.29, 0.717) is 5.56 Å². The van der Waals surface area contributed by atoms with E-state index in [1.54, 1.807) is 28.0 Å². The first-order valence-electron chi connectivity index (χ1n) is 6.44. The van der Waals surface area contributed by atoms with E-state index in [-0.39, 0.29) is 5.91 Å². The molecule has 2 rings (SSSR count). The van der Waals surface area contributed by atoms with E-state index < -0.39 is 0 Å². The number of nitrogens with zero attached hydrogens (tertiary/aromatic N) is 5. The predicted molar refractivity (Wildman–Crippen MR) is 76.7 cm³/mol. The van der Waals surface area contributed by atoms with Gasteiger partial charge in [0.2, 0.25) is 0 Å². The fraction of sp³-hybridized carbons (Fsp3) is 0.462. The van der Waals surface area contributed by atoms with Crippen LogP contribution in [0.5, 0.6) is 0 Å². The van der Waals surface area contributed by atoms with Crippen LogP contribution in [-0.4, -0.2) is 51.0 Å². The summed E-state index contributed by atoms with van der Waals surface area (Å²) < 4.78 is 3.44. The summed E-state index contributed by atoms with van der Waals surface area (Å²) in [4.78, 5) is 14.2. The van der Waals surface area contributed by atoms with Gasteiger partial charge in [0, 0.05) is 26.0 Å². The molecule has 0 bridgehead atoms. The zero-order valence-electron chi connectivity index (χ0n) is 12.3. The van der Waals surface area contributed by atoms with E-state index in [0.717, 1.165) is 24.5 Å². The Hall–Kier alpha value is -2.15. The molecule has 0 aliphatic rings. The predicted octanol–water partition coefficient (Wildman–Crippen LogP) is 0.739. The van der Waals surface area contributed by atoms with Crippen LogP contribution in [0, 0.1) is 6.92 Å². The number of hydrogen-bond donors (Lipinski definition) is 1. The first-order valence-corrected chi connectivity index (χ1v) is 6.44. The number of likely N-dealkylation sites (N-methyl/N-ethyl adjacent to an activating group) is 1. The molecule has 1 N–H and O–H groups in total. The summed E-state index contributed by atoms with van der Waals surface area (Å²) in [6.07, 6.45) is 5.12. The number of anilines is 1. The monoisotopic (exact) mass is 276 g/mol. The Morgan fingerprint density at radius 2 is 2.15 bits per heavy atom. The van der Waals surface area contributed by atoms with Crippen LogP contribution in [0.1, 0.15) is 16.1 Å². The maximum absolute atomic E-state index is 12.1. The Bertz CT molecular complexity index is 598. The zero-order chi connectivity index (χ0) is 14.7. The molecule has 2 heterocycles. The summed E-state index contributed by atoms with van der Waals surface area (Å²) in [6.45, 7) is 3.49. The van der Waals surface area contributed by atoms with Crippen molar-refractivity contribution < 1.29 is 4.79 Å². The SMILES string of the molecule is Cc1nn(C)cc1NC(=O)c1cnn(CCN(C)C)c1. The minimum absolute atomic E-state index is 0.169. The fourth-order valence-corrected chi connectivity index (χ4v) is 1.82. The van der Waals surface area contributed by atoms with Crippen molar-refractivity contribution in [1.29, 1.82) is 0 Å². The molecule has 0 atom stereocenters. The Kier molecular flexibility index (Phi) is 4.19. The van der Waals surface area contributed by atoms with Crippen LogP contribution in [-0.2, 0) is 13.6 Å². The molecule has 0 aliphatic heterocycles. The molecule has 0 unspecified atom stereocenters. The van der Waals surface area contributed by atoms with Gasteiger partial charge in [-0.25, -0.2) is 0 Å². The second-order valence-corrected chi connectivity index (χ2v) is 5.05. The fourth-order valence-electron chi connectivity index (χ4n) is 1.82. The van der Waals surface area contributed by atoms with Gasteiger partial charge in [-0.15, -0.1) is 0 Å². The molecule has 7 nitrogen and oxygen atoms in total. The molecule has 0 saturated heterocycles. The molecule has 2 aromatic rings. The lowest BCUT2D eigenvalue weighted by Crippen LogP contribution is -2.18. The van der Waals surface area contributed by atoms with E-state index in [4.69, 9.17) is 0 Å². The smallest absolute Gasteiger partial charge is 0.258 e. The van der Waals surface area contributed by atoms with Crippen LogP contribution in [0.2, 0.25) is 0 Å². The van der Waals surface area contributed by atoms with E-state index in [1.165, 1.54) is 0 Å². The Morgan fingerprint density at radius 3 is 2.75 bits per heavy atom. The zero-order valence-corrected chi connectivity index (χ0v) is 12.3. The summed E-state index contributed by atoms with van der Waals surface area (Å²) in [6, 6.07) is 0. The van der Waals surface area contributed by atoms with Crippen LogP contribution in [0.3, 0.4) is 0 Å². The lowest BCUT2D eigenvalue weighted by molar-refractivity contribution is 0.102. The van der Waals surface area contributed by atoms with Gasteiger partial charge in [-0.05, 0) is 21.0 Å². The van der Waals surface area contributed by atoms with Crippen LogP contribution in [0.25, 0.3) is 0 Å². The van der Waals surface area contributed by atoms with Gasteiger partial charge in [0.1, 0.15) is 0 Å². The van der Waals surface area contributed by atoms with Crippen LogP contribution in [0.15, 0.2) is 18.6 Å². The lowest BCUT2D eigenvalue weighted by Gasteiger charge is -2.08. The first-order chi connectivity index (χ1) is 9.45. The van der Waals surface area contributed by atoms with Gasteiger partial charge in [-0.2, -0.15) is 10.2 Å². The molecule has 0 aromatic carbocycles. The highest BCUT2D eigenvalue weighted by Crippen LogP contribution is 2.13. The minimum atomic E-state index is -0.169. The number of carbonyl (C=O) groups is 1. The Morgan fingerprint density at radius 1 is 1.40 bits per heavy atom. The molecule has 0 saturated carbocycles. The minimum Gasteiger partial charge on any atom is -0.319 e. The summed E-state index contributed by atoms with van der Waals surface area (Å²) >= 11 is 0. The maximum Gasteiger partial charge on any atom is 0.258 e. The second kappa shape index (κ2) is 5.87. The van der Waals surface area contributed by atoms with Crippen molar-refractivity contribution in [3.8, 4) is 0 Å². The van der Waals surface area contributed by atoms with Crippen LogP contribution < -0.4 is 5.32 Å². The molecule has 108 valence electrons. The third-order valence-corrected chi connectivity index (χ3v) is 2.93. The summed E-state index contributed by atoms with van der Waals surface area (Å²) in [7, 11) is 5.83. The average molecular weight is 276 g/mol. The molecule has 20 heavy (non-hydrogen) atoms. The number of rotatable bonds is 5. The third kappa shape index (κ3) is 3.45. The van der Waals surface area contributed by atoms with Crippen molar-refractivity contribution in [1.82, 2.24) is 24.5 Å². The van der Waals surface area contributed by atoms with Crippen molar-refractivity contribution >= 4 is 11.6 Å². The lowest BCUT2D eigenvalue weighted by atomic mass is 10.3. The van der Waals surface area contributed by atoms with Crippen molar-refractivity contribution in [3.63, 3.8) is 0 Å². The van der Waals surface area contributed by atoms with Gasteiger partial charge >= 0.3 is 0 Å². The highest BCUT2D eigenvalue weighted by Gasteiger charge is 2.12. The summed E-state index contributed by atoms with van der Waals surface area (Å²) in [5.41, 5.74) is 2.06. The van der Waals surface area contributed by atoms with Gasteiger partial charge in [0.05, 0.1) is 29.7 Å². The highest BCUT2D eigenvalue weighted by atomic mass is 16.1. The maximum atomic E-state index is 12.1. The summed E-state index contributed by atoms with van der Waals surface area (Å²) in [5.74, 6) is -0.169. The number of amides is 1. The third-order valence-electron chi connectivity index (χ3n) is 2.93. The molecule has 0 spiro atoms. The number of nitrogens with one attached hydrogen (secondary N) is 1. The number of aryl methyl sites for hydroxylation is 2. The van der Waals surface area contributed by atoms with E-state index in [9.17, 15) is 4.79 Å². The molecule has 0 aliphatic carbocycles. The normalized spacial score (nSPS) is 11.1. The van der Waals surface area contributed by atoms with Gasteiger partial charge in [-0.3, -0.25) is 14.2 Å². The van der Waals surface area contributed by atoms with Crippen LogP contribution >= 0.6 is 0 Å². The number of hydrogen-bond acceptors (Lipinski definition) is 4. The topological polar surface area (TPSA) is 68.0 Å². The summed E-state index contributed by atoms with van der Waals surface area (Å²) in [5, 5.41) is 11.2. The molecule has 0 fully saturated rings. The molecule has 7 heteroatoms. The Labute approximate surface area is 118 Å². The van der Waals surface area contributed by atoms with E-state index >= 15 is 0 Å². The highest BCUT2D eigenvalue weighted by molar-refractivity contribution is 6.04. The van der Waals surface area contributed by atoms with E-state index in [1.807, 2.05) is 28.1 Å². The van der Waals surface area contributed by atoms with Crippen LogP contribution in [0.4, 0.5) is 5.69 Å². The van der Waals surface area contributed by atoms with Crippen molar-refractivity contribution in [2.75, 3.05) is 26.0 Å². The van der Waals surface area contributed by atoms with Crippen molar-refractivity contribution in [2.24, 2.45) is 7.05 Å². The van der Waals surface area contributed by atoms with Gasteiger partial charge < -0.3 is 10.2 Å². The molecular formula is C13H20N6O. The average Bonchev–Trinajstić information content (AvgIpc) is 2.94. The second-order valence-electron chi connectivity index (χ2n) is 5.05. The standard InChI is InChI=1S/C13H20N6O/c1-10-12(9-18(4)16-10)15-13(20)11-7-14-19(8-11)6-5-17(2)3/h7-9H,5-6H2,1-4H3,(H,15,20). The van der Waals surface area contributed by atoms with Gasteiger partial charge in [0.15, 0.2) is 0 Å². The molecule has 0 radical (unpaired) electrons. The quantitative estimate of drug-likeness (QED) is 0.874. The largest absolute Gasteiger partial charge is 0.319 e.